The molecule has 0 spiro atoms. The second-order valence-electron chi connectivity index (χ2n) is 7.79. The minimum Gasteiger partial charge on any atom is -0.477 e. The van der Waals surface area contributed by atoms with Crippen molar-refractivity contribution in [3.63, 3.8) is 0 Å². The van der Waals surface area contributed by atoms with Crippen molar-refractivity contribution in [1.29, 1.82) is 0 Å². The molecule has 0 unspecified atom stereocenters. The Morgan fingerprint density at radius 1 is 1.18 bits per heavy atom. The van der Waals surface area contributed by atoms with E-state index in [0.29, 0.717) is 36.0 Å². The molecule has 9 nitrogen and oxygen atoms in total. The summed E-state index contributed by atoms with van der Waals surface area (Å²) in [4.78, 5) is 6.68. The van der Waals surface area contributed by atoms with Crippen molar-refractivity contribution < 1.29 is 22.3 Å². The topological polar surface area (TPSA) is 99.2 Å². The van der Waals surface area contributed by atoms with Crippen LogP contribution in [0.15, 0.2) is 47.0 Å². The van der Waals surface area contributed by atoms with Gasteiger partial charge in [0.2, 0.25) is 5.88 Å². The molecule has 0 fully saturated rings. The van der Waals surface area contributed by atoms with Gasteiger partial charge in [-0.2, -0.15) is 0 Å². The van der Waals surface area contributed by atoms with Gasteiger partial charge in [0.15, 0.2) is 11.4 Å². The number of ether oxygens (including phenoxy) is 2. The first kappa shape index (κ1) is 23.1. The van der Waals surface area contributed by atoms with E-state index in [4.69, 9.17) is 13.9 Å². The first-order valence-electron chi connectivity index (χ1n) is 10.8. The number of furan rings is 1. The molecule has 3 heterocycles. The smallest absolute Gasteiger partial charge is 0.231 e. The maximum Gasteiger partial charge on any atom is 0.231 e. The Balaban J connectivity index is 1.63. The van der Waals surface area contributed by atoms with Gasteiger partial charge < -0.3 is 18.8 Å². The summed E-state index contributed by atoms with van der Waals surface area (Å²) in [5.74, 6) is 1.12. The van der Waals surface area contributed by atoms with Crippen LogP contribution >= 0.6 is 0 Å². The Morgan fingerprint density at radius 2 is 2.03 bits per heavy atom. The molecular weight excluding hydrogens is 444 g/mol. The van der Waals surface area contributed by atoms with Crippen LogP contribution in [0.1, 0.15) is 13.3 Å². The number of hydrogen-bond donors (Lipinski definition) is 0. The molecule has 0 aliphatic rings. The highest BCUT2D eigenvalue weighted by Crippen LogP contribution is 2.34. The monoisotopic (exact) mass is 472 g/mol. The molecule has 33 heavy (non-hydrogen) atoms. The molecule has 0 aliphatic carbocycles. The van der Waals surface area contributed by atoms with E-state index in [1.54, 1.807) is 30.0 Å². The van der Waals surface area contributed by atoms with Crippen LogP contribution in [-0.4, -0.2) is 68.4 Å². The maximum atomic E-state index is 11.3. The minimum absolute atomic E-state index is 0.0754. The molecule has 4 rings (SSSR count). The lowest BCUT2D eigenvalue weighted by atomic mass is 10.2. The number of fused-ring (bicyclic) bond motifs is 2. The molecule has 0 aliphatic heterocycles. The van der Waals surface area contributed by atoms with E-state index in [9.17, 15) is 8.42 Å². The molecule has 0 saturated carbocycles. The van der Waals surface area contributed by atoms with Gasteiger partial charge in [0.25, 0.3) is 0 Å². The van der Waals surface area contributed by atoms with Gasteiger partial charge in [-0.3, -0.25) is 0 Å². The number of sulfone groups is 1. The zero-order valence-electron chi connectivity index (χ0n) is 19.0. The number of benzene rings is 1. The van der Waals surface area contributed by atoms with E-state index in [2.05, 4.69) is 28.0 Å². The molecule has 3 aromatic heterocycles. The van der Waals surface area contributed by atoms with E-state index >= 15 is 0 Å². The molecule has 0 amide bonds. The SMILES string of the molecule is CCN(CCOC)c1cccc2oc(-c3cnc4ccc(OCCCS(C)(=O)=O)nn34)cc12. The molecule has 10 heteroatoms. The van der Waals surface area contributed by atoms with E-state index in [1.807, 2.05) is 18.2 Å². The third kappa shape index (κ3) is 5.28. The van der Waals surface area contributed by atoms with E-state index < -0.39 is 9.84 Å². The Morgan fingerprint density at radius 3 is 2.79 bits per heavy atom. The van der Waals surface area contributed by atoms with Crippen LogP contribution in [0.4, 0.5) is 5.69 Å². The number of methoxy groups -OCH3 is 1. The van der Waals surface area contributed by atoms with E-state index in [1.165, 1.54) is 6.26 Å². The number of hydrogen-bond acceptors (Lipinski definition) is 8. The molecule has 0 radical (unpaired) electrons. The third-order valence-corrected chi connectivity index (χ3v) is 6.36. The molecule has 0 N–H and O–H groups in total. The van der Waals surface area contributed by atoms with E-state index in [0.717, 1.165) is 29.7 Å². The Labute approximate surface area is 192 Å². The zero-order chi connectivity index (χ0) is 23.4. The van der Waals surface area contributed by atoms with Gasteiger partial charge in [-0.25, -0.2) is 17.9 Å². The minimum atomic E-state index is -3.02. The summed E-state index contributed by atoms with van der Waals surface area (Å²) in [6.45, 7) is 4.64. The lowest BCUT2D eigenvalue weighted by molar-refractivity contribution is 0.205. The molecule has 0 saturated heterocycles. The summed E-state index contributed by atoms with van der Waals surface area (Å²) in [7, 11) is -1.32. The number of anilines is 1. The zero-order valence-corrected chi connectivity index (χ0v) is 19.8. The molecule has 1 aromatic carbocycles. The summed E-state index contributed by atoms with van der Waals surface area (Å²) in [5.41, 5.74) is 3.22. The maximum absolute atomic E-state index is 11.3. The summed E-state index contributed by atoms with van der Waals surface area (Å²) >= 11 is 0. The second kappa shape index (κ2) is 9.80. The molecule has 4 aromatic rings. The number of aromatic nitrogens is 3. The third-order valence-electron chi connectivity index (χ3n) is 5.33. The summed E-state index contributed by atoms with van der Waals surface area (Å²) in [5, 5.41) is 5.53. The number of nitrogens with zero attached hydrogens (tertiary/aromatic N) is 4. The van der Waals surface area contributed by atoms with Gasteiger partial charge in [0, 0.05) is 43.6 Å². The first-order valence-corrected chi connectivity index (χ1v) is 12.9. The average Bonchev–Trinajstić information content (AvgIpc) is 3.40. The Bertz CT molecular complexity index is 1350. The highest BCUT2D eigenvalue weighted by molar-refractivity contribution is 7.90. The number of likely N-dealkylation sites (N-methyl/N-ethyl adjacent to an activating group) is 1. The van der Waals surface area contributed by atoms with Crippen molar-refractivity contribution in [2.45, 2.75) is 13.3 Å². The van der Waals surface area contributed by atoms with Gasteiger partial charge in [0.1, 0.15) is 21.1 Å². The first-order chi connectivity index (χ1) is 15.9. The van der Waals surface area contributed by atoms with Crippen LogP contribution < -0.4 is 9.64 Å². The van der Waals surface area contributed by atoms with Crippen LogP contribution in [0.5, 0.6) is 5.88 Å². The normalized spacial score (nSPS) is 12.0. The van der Waals surface area contributed by atoms with Crippen molar-refractivity contribution in [2.75, 3.05) is 50.3 Å². The van der Waals surface area contributed by atoms with Crippen molar-refractivity contribution in [3.8, 4) is 17.3 Å². The van der Waals surface area contributed by atoms with Gasteiger partial charge in [-0.15, -0.1) is 5.10 Å². The summed E-state index contributed by atoms with van der Waals surface area (Å²) in [6, 6.07) is 11.5. The number of rotatable bonds is 11. The van der Waals surface area contributed by atoms with Gasteiger partial charge >= 0.3 is 0 Å². The predicted octanol–water partition coefficient (Wildman–Crippen LogP) is 3.43. The average molecular weight is 473 g/mol. The van der Waals surface area contributed by atoms with Crippen LogP contribution in [-0.2, 0) is 14.6 Å². The highest BCUT2D eigenvalue weighted by atomic mass is 32.2. The molecular formula is C23H28N4O5S. The Hall–Kier alpha value is -3.11. The Kier molecular flexibility index (Phi) is 6.85. The van der Waals surface area contributed by atoms with Crippen molar-refractivity contribution >= 4 is 32.1 Å². The van der Waals surface area contributed by atoms with Crippen LogP contribution in [0.2, 0.25) is 0 Å². The lowest BCUT2D eigenvalue weighted by Gasteiger charge is -2.23. The second-order valence-corrected chi connectivity index (χ2v) is 10.0. The van der Waals surface area contributed by atoms with Crippen molar-refractivity contribution in [1.82, 2.24) is 14.6 Å². The van der Waals surface area contributed by atoms with Crippen molar-refractivity contribution in [2.24, 2.45) is 0 Å². The fraction of sp³-hybridized carbons (Fsp3) is 0.391. The van der Waals surface area contributed by atoms with Gasteiger partial charge in [0.05, 0.1) is 25.2 Å². The molecule has 0 bridgehead atoms. The van der Waals surface area contributed by atoms with Crippen LogP contribution in [0.3, 0.4) is 0 Å². The van der Waals surface area contributed by atoms with Crippen LogP contribution in [0.25, 0.3) is 28.1 Å². The summed E-state index contributed by atoms with van der Waals surface area (Å²) in [6.07, 6.45) is 3.33. The van der Waals surface area contributed by atoms with Gasteiger partial charge in [-0.05, 0) is 37.6 Å². The highest BCUT2D eigenvalue weighted by Gasteiger charge is 2.17. The van der Waals surface area contributed by atoms with E-state index in [-0.39, 0.29) is 12.4 Å². The predicted molar refractivity (Wildman–Crippen MR) is 128 cm³/mol. The standard InChI is InChI=1S/C23H28N4O5S/c1-4-26(11-13-30-2)18-7-5-8-20-17(18)15-21(32-20)19-16-24-22-9-10-23(25-27(19)22)31-12-6-14-33(3,28)29/h5,7-10,15-16H,4,6,11-14H2,1-3H3. The fourth-order valence-corrected chi connectivity index (χ4v) is 4.34. The fourth-order valence-electron chi connectivity index (χ4n) is 3.70. The van der Waals surface area contributed by atoms with Crippen LogP contribution in [0, 0.1) is 0 Å². The largest absolute Gasteiger partial charge is 0.477 e. The van der Waals surface area contributed by atoms with Gasteiger partial charge in [-0.1, -0.05) is 6.07 Å². The molecule has 176 valence electrons. The summed E-state index contributed by atoms with van der Waals surface area (Å²) < 4.78 is 41.3. The lowest BCUT2D eigenvalue weighted by Crippen LogP contribution is -2.26. The van der Waals surface area contributed by atoms with Crippen molar-refractivity contribution in [3.05, 3.63) is 42.6 Å². The quantitative estimate of drug-likeness (QED) is 0.306. The number of imidazole rings is 1. The molecule has 0 atom stereocenters.